The normalized spacial score (nSPS) is 10.5. The molecule has 0 aliphatic carbocycles. The summed E-state index contributed by atoms with van der Waals surface area (Å²) in [6.07, 6.45) is 0. The van der Waals surface area contributed by atoms with Crippen LogP contribution in [-0.4, -0.2) is 16.1 Å². The summed E-state index contributed by atoms with van der Waals surface area (Å²) in [4.78, 5) is 15.7. The van der Waals surface area contributed by atoms with Crippen molar-refractivity contribution in [3.05, 3.63) is 65.7 Å². The summed E-state index contributed by atoms with van der Waals surface area (Å²) in [7, 11) is 0. The molecule has 0 spiro atoms. The van der Waals surface area contributed by atoms with E-state index in [1.54, 1.807) is 19.1 Å². The number of benzene rings is 2. The van der Waals surface area contributed by atoms with Crippen LogP contribution in [0.1, 0.15) is 15.9 Å². The maximum atomic E-state index is 11.2. The van der Waals surface area contributed by atoms with E-state index in [2.05, 4.69) is 10.3 Å². The number of nitrogens with one attached hydrogen (secondary N) is 1. The van der Waals surface area contributed by atoms with Gasteiger partial charge >= 0.3 is 5.97 Å². The first-order valence-corrected chi connectivity index (χ1v) is 6.60. The zero-order chi connectivity index (χ0) is 14.8. The highest BCUT2D eigenvalue weighted by Crippen LogP contribution is 2.21. The molecule has 0 unspecified atom stereocenters. The van der Waals surface area contributed by atoms with Crippen LogP contribution in [0.2, 0.25) is 0 Å². The van der Waals surface area contributed by atoms with Crippen LogP contribution in [0.5, 0.6) is 0 Å². The SMILES string of the molecule is Cc1ccc(Nc2ccc3ccccc3n2)cc1C(=O)O. The Morgan fingerprint density at radius 2 is 1.90 bits per heavy atom. The predicted molar refractivity (Wildman–Crippen MR) is 83.2 cm³/mol. The van der Waals surface area contributed by atoms with E-state index in [0.717, 1.165) is 16.5 Å². The molecule has 0 amide bonds. The van der Waals surface area contributed by atoms with Gasteiger partial charge in [-0.15, -0.1) is 0 Å². The Balaban J connectivity index is 1.94. The Morgan fingerprint density at radius 3 is 2.71 bits per heavy atom. The minimum atomic E-state index is -0.928. The average Bonchev–Trinajstić information content (AvgIpc) is 2.49. The highest BCUT2D eigenvalue weighted by Gasteiger charge is 2.08. The fraction of sp³-hybridized carbons (Fsp3) is 0.0588. The number of pyridine rings is 1. The summed E-state index contributed by atoms with van der Waals surface area (Å²) in [5.41, 5.74) is 2.63. The van der Waals surface area contributed by atoms with Crippen LogP contribution in [-0.2, 0) is 0 Å². The number of carboxylic acid groups (broad SMARTS) is 1. The number of hydrogen-bond donors (Lipinski definition) is 2. The number of carboxylic acids is 1. The molecular formula is C17H14N2O2. The van der Waals surface area contributed by atoms with Crippen molar-refractivity contribution in [3.63, 3.8) is 0 Å². The molecule has 2 N–H and O–H groups in total. The molecule has 3 rings (SSSR count). The molecule has 0 aliphatic heterocycles. The minimum Gasteiger partial charge on any atom is -0.478 e. The van der Waals surface area contributed by atoms with Crippen molar-refractivity contribution < 1.29 is 9.90 Å². The van der Waals surface area contributed by atoms with Gasteiger partial charge in [-0.25, -0.2) is 9.78 Å². The van der Waals surface area contributed by atoms with E-state index in [4.69, 9.17) is 5.11 Å². The largest absolute Gasteiger partial charge is 0.478 e. The van der Waals surface area contributed by atoms with E-state index in [9.17, 15) is 4.79 Å². The van der Waals surface area contributed by atoms with Crippen LogP contribution in [0.25, 0.3) is 10.9 Å². The number of fused-ring (bicyclic) bond motifs is 1. The van der Waals surface area contributed by atoms with Gasteiger partial charge < -0.3 is 10.4 Å². The Labute approximate surface area is 122 Å². The topological polar surface area (TPSA) is 62.2 Å². The quantitative estimate of drug-likeness (QED) is 0.760. The molecule has 1 aromatic heterocycles. The number of hydrogen-bond acceptors (Lipinski definition) is 3. The fourth-order valence-corrected chi connectivity index (χ4v) is 2.21. The fourth-order valence-electron chi connectivity index (χ4n) is 2.21. The van der Waals surface area contributed by atoms with Crippen molar-refractivity contribution in [3.8, 4) is 0 Å². The molecular weight excluding hydrogens is 264 g/mol. The summed E-state index contributed by atoms with van der Waals surface area (Å²) in [6.45, 7) is 1.78. The van der Waals surface area contributed by atoms with E-state index in [1.165, 1.54) is 0 Å². The summed E-state index contributed by atoms with van der Waals surface area (Å²) >= 11 is 0. The lowest BCUT2D eigenvalue weighted by atomic mass is 10.1. The van der Waals surface area contributed by atoms with Gasteiger partial charge in [-0.3, -0.25) is 0 Å². The van der Waals surface area contributed by atoms with Crippen LogP contribution in [0.3, 0.4) is 0 Å². The first-order chi connectivity index (χ1) is 10.1. The molecule has 0 bridgehead atoms. The smallest absolute Gasteiger partial charge is 0.336 e. The second kappa shape index (κ2) is 5.25. The number of aromatic nitrogens is 1. The predicted octanol–water partition coefficient (Wildman–Crippen LogP) is 3.99. The third kappa shape index (κ3) is 2.69. The number of aromatic carboxylic acids is 1. The zero-order valence-electron chi connectivity index (χ0n) is 11.5. The first-order valence-electron chi connectivity index (χ1n) is 6.60. The van der Waals surface area contributed by atoms with Gasteiger partial charge in [0.05, 0.1) is 11.1 Å². The molecule has 4 heteroatoms. The van der Waals surface area contributed by atoms with E-state index >= 15 is 0 Å². The van der Waals surface area contributed by atoms with Gasteiger partial charge in [-0.05, 0) is 42.8 Å². The number of carbonyl (C=O) groups is 1. The second-order valence-electron chi connectivity index (χ2n) is 4.85. The minimum absolute atomic E-state index is 0.292. The van der Waals surface area contributed by atoms with Crippen molar-refractivity contribution in [2.24, 2.45) is 0 Å². The Bertz CT molecular complexity index is 828. The molecule has 0 saturated carbocycles. The summed E-state index contributed by atoms with van der Waals surface area (Å²) in [6, 6.07) is 17.0. The van der Waals surface area contributed by atoms with Crippen molar-refractivity contribution >= 4 is 28.4 Å². The molecule has 4 nitrogen and oxygen atoms in total. The second-order valence-corrected chi connectivity index (χ2v) is 4.85. The number of anilines is 2. The monoisotopic (exact) mass is 278 g/mol. The van der Waals surface area contributed by atoms with E-state index in [-0.39, 0.29) is 0 Å². The third-order valence-corrected chi connectivity index (χ3v) is 3.34. The molecule has 0 radical (unpaired) electrons. The first kappa shape index (κ1) is 13.1. The third-order valence-electron chi connectivity index (χ3n) is 3.34. The van der Waals surface area contributed by atoms with E-state index in [0.29, 0.717) is 17.1 Å². The lowest BCUT2D eigenvalue weighted by Crippen LogP contribution is -2.01. The van der Waals surface area contributed by atoms with Gasteiger partial charge in [-0.1, -0.05) is 24.3 Å². The van der Waals surface area contributed by atoms with Gasteiger partial charge in [0.1, 0.15) is 5.82 Å². The average molecular weight is 278 g/mol. The Kier molecular flexibility index (Phi) is 3.28. The summed E-state index contributed by atoms with van der Waals surface area (Å²) < 4.78 is 0. The zero-order valence-corrected chi connectivity index (χ0v) is 11.5. The van der Waals surface area contributed by atoms with E-state index in [1.807, 2.05) is 42.5 Å². The highest BCUT2D eigenvalue weighted by molar-refractivity contribution is 5.91. The van der Waals surface area contributed by atoms with Crippen molar-refractivity contribution in [2.75, 3.05) is 5.32 Å². The summed E-state index contributed by atoms with van der Waals surface area (Å²) in [5, 5.41) is 13.4. The van der Waals surface area contributed by atoms with Gasteiger partial charge in [-0.2, -0.15) is 0 Å². The molecule has 104 valence electrons. The standard InChI is InChI=1S/C17H14N2O2/c1-11-6-8-13(10-14(11)17(20)21)18-16-9-7-12-4-2-3-5-15(12)19-16/h2-10H,1H3,(H,18,19)(H,20,21). The van der Waals surface area contributed by atoms with Crippen LogP contribution < -0.4 is 5.32 Å². The van der Waals surface area contributed by atoms with Crippen LogP contribution in [0, 0.1) is 6.92 Å². The van der Waals surface area contributed by atoms with Gasteiger partial charge in [0.25, 0.3) is 0 Å². The highest BCUT2D eigenvalue weighted by atomic mass is 16.4. The Hall–Kier alpha value is -2.88. The van der Waals surface area contributed by atoms with E-state index < -0.39 is 5.97 Å². The van der Waals surface area contributed by atoms with Crippen LogP contribution in [0.15, 0.2) is 54.6 Å². The number of aryl methyl sites for hydroxylation is 1. The van der Waals surface area contributed by atoms with Crippen LogP contribution >= 0.6 is 0 Å². The van der Waals surface area contributed by atoms with Gasteiger partial charge in [0.15, 0.2) is 0 Å². The molecule has 2 aromatic carbocycles. The Morgan fingerprint density at radius 1 is 1.10 bits per heavy atom. The molecule has 21 heavy (non-hydrogen) atoms. The molecule has 3 aromatic rings. The maximum absolute atomic E-state index is 11.2. The maximum Gasteiger partial charge on any atom is 0.336 e. The van der Waals surface area contributed by atoms with Gasteiger partial charge in [0.2, 0.25) is 0 Å². The number of para-hydroxylation sites is 1. The van der Waals surface area contributed by atoms with Gasteiger partial charge in [0, 0.05) is 11.1 Å². The molecule has 1 heterocycles. The molecule has 0 aliphatic rings. The molecule has 0 fully saturated rings. The lowest BCUT2D eigenvalue weighted by Gasteiger charge is -2.09. The number of nitrogens with zero attached hydrogens (tertiary/aromatic N) is 1. The van der Waals surface area contributed by atoms with Crippen molar-refractivity contribution in [1.82, 2.24) is 4.98 Å². The lowest BCUT2D eigenvalue weighted by molar-refractivity contribution is 0.0696. The molecule has 0 atom stereocenters. The summed E-state index contributed by atoms with van der Waals surface area (Å²) in [5.74, 6) is -0.239. The molecule has 0 saturated heterocycles. The number of rotatable bonds is 3. The van der Waals surface area contributed by atoms with Crippen LogP contribution in [0.4, 0.5) is 11.5 Å². The van der Waals surface area contributed by atoms with Crippen molar-refractivity contribution in [1.29, 1.82) is 0 Å². The van der Waals surface area contributed by atoms with Crippen molar-refractivity contribution in [2.45, 2.75) is 6.92 Å².